The van der Waals surface area contributed by atoms with Gasteiger partial charge in [-0.25, -0.2) is 9.67 Å². The molecule has 2 aromatic carbocycles. The topological polar surface area (TPSA) is 84.5 Å². The number of nitrogens with zero attached hydrogens (tertiary/aromatic N) is 5. The third-order valence-corrected chi connectivity index (χ3v) is 6.72. The summed E-state index contributed by atoms with van der Waals surface area (Å²) in [6.07, 6.45) is 1.55. The smallest absolute Gasteiger partial charge is 0.293 e. The van der Waals surface area contributed by atoms with Gasteiger partial charge < -0.3 is 14.2 Å². The lowest BCUT2D eigenvalue weighted by atomic mass is 10.1. The Bertz CT molecular complexity index is 1430. The second kappa shape index (κ2) is 8.85. The number of aryl methyl sites for hydroxylation is 2. The molecule has 0 aliphatic carbocycles. The van der Waals surface area contributed by atoms with Crippen molar-refractivity contribution < 1.29 is 14.0 Å². The number of furan rings is 1. The van der Waals surface area contributed by atoms with Gasteiger partial charge in [-0.1, -0.05) is 23.7 Å². The molecule has 3 heterocycles. The van der Waals surface area contributed by atoms with Crippen LogP contribution in [-0.2, 0) is 0 Å². The molecule has 1 fully saturated rings. The monoisotopic (exact) mass is 491 g/mol. The van der Waals surface area contributed by atoms with Crippen LogP contribution in [0.25, 0.3) is 16.7 Å². The molecule has 0 bridgehead atoms. The Morgan fingerprint density at radius 2 is 1.77 bits per heavy atom. The zero-order chi connectivity index (χ0) is 24.9. The van der Waals surface area contributed by atoms with E-state index in [1.165, 1.54) is 0 Å². The van der Waals surface area contributed by atoms with E-state index in [1.54, 1.807) is 39.0 Å². The van der Waals surface area contributed by atoms with Gasteiger partial charge in [-0.3, -0.25) is 9.59 Å². The molecule has 5 rings (SSSR count). The number of benzene rings is 2. The number of hydrogen-bond donors (Lipinski definition) is 0. The van der Waals surface area contributed by atoms with Gasteiger partial charge in [-0.05, 0) is 63.6 Å². The van der Waals surface area contributed by atoms with E-state index in [0.717, 1.165) is 22.2 Å². The zero-order valence-electron chi connectivity index (χ0n) is 20.0. The van der Waals surface area contributed by atoms with E-state index in [4.69, 9.17) is 16.0 Å². The van der Waals surface area contributed by atoms with Gasteiger partial charge in [0, 0.05) is 41.1 Å². The molecule has 0 unspecified atom stereocenters. The average molecular weight is 492 g/mol. The van der Waals surface area contributed by atoms with Crippen molar-refractivity contribution in [3.05, 3.63) is 76.5 Å². The van der Waals surface area contributed by atoms with Gasteiger partial charge in [0.2, 0.25) is 5.82 Å². The highest BCUT2D eigenvalue weighted by Gasteiger charge is 2.38. The van der Waals surface area contributed by atoms with Crippen molar-refractivity contribution in [2.24, 2.45) is 0 Å². The minimum Gasteiger partial charge on any atom is -0.451 e. The number of fused-ring (bicyclic) bond motifs is 1. The molecule has 0 N–H and O–H groups in total. The first kappa shape index (κ1) is 23.1. The number of carbonyl (C=O) groups is 2. The lowest BCUT2D eigenvalue weighted by Gasteiger charge is -2.43. The Labute approximate surface area is 208 Å². The van der Waals surface area contributed by atoms with Crippen LogP contribution in [-0.4, -0.2) is 61.6 Å². The summed E-state index contributed by atoms with van der Waals surface area (Å²) in [5.74, 6) is -0.00414. The number of amides is 2. The Hall–Kier alpha value is -3.65. The summed E-state index contributed by atoms with van der Waals surface area (Å²) in [7, 11) is 0. The first-order chi connectivity index (χ1) is 16.7. The van der Waals surface area contributed by atoms with E-state index in [2.05, 4.69) is 10.1 Å². The van der Waals surface area contributed by atoms with Crippen molar-refractivity contribution in [3.63, 3.8) is 0 Å². The van der Waals surface area contributed by atoms with Crippen molar-refractivity contribution in [1.82, 2.24) is 24.6 Å². The average Bonchev–Trinajstić information content (AvgIpc) is 3.43. The number of rotatable bonds is 3. The summed E-state index contributed by atoms with van der Waals surface area (Å²) in [6.45, 7) is 8.47. The summed E-state index contributed by atoms with van der Waals surface area (Å²) in [5, 5.41) is 5.81. The van der Waals surface area contributed by atoms with Crippen LogP contribution >= 0.6 is 11.6 Å². The van der Waals surface area contributed by atoms with E-state index >= 15 is 0 Å². The summed E-state index contributed by atoms with van der Waals surface area (Å²) in [5.41, 5.74) is 3.32. The first-order valence-corrected chi connectivity index (χ1v) is 11.9. The molecule has 2 amide bonds. The summed E-state index contributed by atoms with van der Waals surface area (Å²) >= 11 is 6.13. The van der Waals surface area contributed by atoms with Crippen LogP contribution in [0, 0.1) is 13.8 Å². The van der Waals surface area contributed by atoms with Gasteiger partial charge in [0.25, 0.3) is 11.8 Å². The third kappa shape index (κ3) is 4.18. The molecule has 2 atom stereocenters. The van der Waals surface area contributed by atoms with Crippen molar-refractivity contribution >= 4 is 34.4 Å². The molecule has 4 aromatic rings. The van der Waals surface area contributed by atoms with Gasteiger partial charge in [-0.15, -0.1) is 5.10 Å². The largest absolute Gasteiger partial charge is 0.451 e. The highest BCUT2D eigenvalue weighted by atomic mass is 35.5. The van der Waals surface area contributed by atoms with Gasteiger partial charge in [-0.2, -0.15) is 0 Å². The first-order valence-electron chi connectivity index (χ1n) is 11.5. The quantitative estimate of drug-likeness (QED) is 0.416. The van der Waals surface area contributed by atoms with Crippen LogP contribution in [0.1, 0.15) is 46.1 Å². The Kier molecular flexibility index (Phi) is 5.84. The van der Waals surface area contributed by atoms with Gasteiger partial charge in [0.05, 0.1) is 5.69 Å². The molecule has 9 heteroatoms. The molecule has 180 valence electrons. The number of hydrogen-bond acceptors (Lipinski definition) is 5. The van der Waals surface area contributed by atoms with Crippen LogP contribution in [0.2, 0.25) is 5.02 Å². The number of piperazine rings is 1. The van der Waals surface area contributed by atoms with E-state index in [-0.39, 0.29) is 29.7 Å². The number of carbonyl (C=O) groups excluding carboxylic acids is 2. The maximum absolute atomic E-state index is 13.5. The van der Waals surface area contributed by atoms with E-state index in [9.17, 15) is 9.59 Å². The SMILES string of the molecule is Cc1cccc(-n2cnc(C(=O)N3C[C@@H](C)N(C(=O)c4oc5ccc(Cl)cc5c4C)[C@@H](C)C3)n2)c1. The molecule has 1 saturated heterocycles. The summed E-state index contributed by atoms with van der Waals surface area (Å²) < 4.78 is 7.51. The van der Waals surface area contributed by atoms with E-state index in [1.807, 2.05) is 52.0 Å². The van der Waals surface area contributed by atoms with Crippen LogP contribution in [0.4, 0.5) is 0 Å². The van der Waals surface area contributed by atoms with Gasteiger partial charge in [0.1, 0.15) is 11.9 Å². The van der Waals surface area contributed by atoms with E-state index < -0.39 is 0 Å². The zero-order valence-corrected chi connectivity index (χ0v) is 20.8. The number of halogens is 1. The molecule has 2 aromatic heterocycles. The highest BCUT2D eigenvalue weighted by Crippen LogP contribution is 2.30. The molecule has 1 aliphatic heterocycles. The van der Waals surface area contributed by atoms with Crippen molar-refractivity contribution in [1.29, 1.82) is 0 Å². The molecule has 8 nitrogen and oxygen atoms in total. The predicted octanol–water partition coefficient (Wildman–Crippen LogP) is 4.66. The lowest BCUT2D eigenvalue weighted by molar-refractivity contribution is 0.0231. The fourth-order valence-electron chi connectivity index (χ4n) is 4.80. The second-order valence-corrected chi connectivity index (χ2v) is 9.61. The minimum absolute atomic E-state index is 0.135. The van der Waals surface area contributed by atoms with Crippen LogP contribution in [0.15, 0.2) is 53.2 Å². The molecule has 0 spiro atoms. The summed E-state index contributed by atoms with van der Waals surface area (Å²) in [4.78, 5) is 34.4. The molecular formula is C26H26ClN5O3. The minimum atomic E-state index is -0.253. The molecular weight excluding hydrogens is 466 g/mol. The maximum Gasteiger partial charge on any atom is 0.293 e. The second-order valence-electron chi connectivity index (χ2n) is 9.17. The summed E-state index contributed by atoms with van der Waals surface area (Å²) in [6, 6.07) is 12.7. The number of aromatic nitrogens is 3. The molecule has 0 radical (unpaired) electrons. The van der Waals surface area contributed by atoms with Crippen LogP contribution in [0.5, 0.6) is 0 Å². The van der Waals surface area contributed by atoms with E-state index in [0.29, 0.717) is 29.5 Å². The third-order valence-electron chi connectivity index (χ3n) is 6.48. The Balaban J connectivity index is 1.34. The molecule has 1 aliphatic rings. The van der Waals surface area contributed by atoms with Crippen molar-refractivity contribution in [2.75, 3.05) is 13.1 Å². The normalized spacial score (nSPS) is 18.3. The van der Waals surface area contributed by atoms with Gasteiger partial charge >= 0.3 is 0 Å². The van der Waals surface area contributed by atoms with Crippen molar-refractivity contribution in [2.45, 2.75) is 39.8 Å². The van der Waals surface area contributed by atoms with Crippen molar-refractivity contribution in [3.8, 4) is 5.69 Å². The Morgan fingerprint density at radius 3 is 2.49 bits per heavy atom. The Morgan fingerprint density at radius 1 is 1.03 bits per heavy atom. The molecule has 0 saturated carbocycles. The lowest BCUT2D eigenvalue weighted by Crippen LogP contribution is -2.59. The standard InChI is InChI=1S/C26H26ClN5O3/c1-15-6-5-7-20(10-15)31-14-28-24(29-31)26(34)30-12-16(2)32(17(3)13-30)25(33)23-18(4)21-11-19(27)8-9-22(21)35-23/h5-11,14,16-17H,12-13H2,1-4H3/t16-,17+. The highest BCUT2D eigenvalue weighted by molar-refractivity contribution is 6.31. The maximum atomic E-state index is 13.5. The van der Waals surface area contributed by atoms with Crippen LogP contribution < -0.4 is 0 Å². The fraction of sp³-hybridized carbons (Fsp3) is 0.308. The molecule has 35 heavy (non-hydrogen) atoms. The van der Waals surface area contributed by atoms with Gasteiger partial charge in [0.15, 0.2) is 5.76 Å². The predicted molar refractivity (Wildman–Crippen MR) is 133 cm³/mol. The van der Waals surface area contributed by atoms with Crippen LogP contribution in [0.3, 0.4) is 0 Å². The fourth-order valence-corrected chi connectivity index (χ4v) is 4.97.